The molecule has 0 spiro atoms. The van der Waals surface area contributed by atoms with Crippen molar-refractivity contribution in [2.45, 2.75) is 25.5 Å². The third-order valence-electron chi connectivity index (χ3n) is 1.93. The molecular formula is C9H13FN2O. The van der Waals surface area contributed by atoms with Crippen molar-refractivity contribution in [2.24, 2.45) is 5.73 Å². The summed E-state index contributed by atoms with van der Waals surface area (Å²) in [5.41, 5.74) is 6.02. The van der Waals surface area contributed by atoms with Gasteiger partial charge in [-0.3, -0.25) is 4.98 Å². The first kappa shape index (κ1) is 10.1. The van der Waals surface area contributed by atoms with E-state index in [2.05, 4.69) is 4.98 Å². The Hall–Kier alpha value is -1.00. The van der Waals surface area contributed by atoms with Gasteiger partial charge in [0.2, 0.25) is 0 Å². The van der Waals surface area contributed by atoms with Gasteiger partial charge < -0.3 is 10.8 Å². The minimum Gasteiger partial charge on any atom is -0.385 e. The van der Waals surface area contributed by atoms with Gasteiger partial charge >= 0.3 is 0 Å². The Morgan fingerprint density at radius 2 is 2.31 bits per heavy atom. The second-order valence-electron chi connectivity index (χ2n) is 2.92. The highest BCUT2D eigenvalue weighted by Crippen LogP contribution is 2.14. The van der Waals surface area contributed by atoms with Gasteiger partial charge in [-0.25, -0.2) is 4.39 Å². The Balaban J connectivity index is 2.77. The molecule has 72 valence electrons. The van der Waals surface area contributed by atoms with Crippen LogP contribution in [0.15, 0.2) is 18.3 Å². The molecular weight excluding hydrogens is 171 g/mol. The number of rotatable bonds is 3. The topological polar surface area (TPSA) is 59.1 Å². The number of pyridine rings is 1. The van der Waals surface area contributed by atoms with Crippen molar-refractivity contribution in [3.63, 3.8) is 0 Å². The van der Waals surface area contributed by atoms with E-state index < -0.39 is 11.9 Å². The molecule has 0 unspecified atom stereocenters. The van der Waals surface area contributed by atoms with Gasteiger partial charge in [-0.1, -0.05) is 6.92 Å². The van der Waals surface area contributed by atoms with Crippen LogP contribution < -0.4 is 5.73 Å². The fourth-order valence-corrected chi connectivity index (χ4v) is 1.00. The van der Waals surface area contributed by atoms with Crippen LogP contribution >= 0.6 is 0 Å². The summed E-state index contributed by atoms with van der Waals surface area (Å²) in [7, 11) is 0. The van der Waals surface area contributed by atoms with E-state index in [4.69, 9.17) is 5.73 Å². The molecule has 0 aliphatic rings. The van der Waals surface area contributed by atoms with Crippen molar-refractivity contribution in [1.29, 1.82) is 0 Å². The molecule has 13 heavy (non-hydrogen) atoms. The quantitative estimate of drug-likeness (QED) is 0.736. The Bertz CT molecular complexity index is 263. The molecule has 1 rings (SSSR count). The first-order valence-electron chi connectivity index (χ1n) is 4.20. The summed E-state index contributed by atoms with van der Waals surface area (Å²) in [6, 6.07) is 2.35. The predicted octanol–water partition coefficient (Wildman–Crippen LogP) is 0.991. The molecule has 0 radical (unpaired) electrons. The summed E-state index contributed by atoms with van der Waals surface area (Å²) < 4.78 is 12.5. The zero-order valence-electron chi connectivity index (χ0n) is 7.44. The molecule has 1 heterocycles. The number of hydrogen-bond acceptors (Lipinski definition) is 3. The lowest BCUT2D eigenvalue weighted by Crippen LogP contribution is -2.27. The van der Waals surface area contributed by atoms with Crippen molar-refractivity contribution in [3.8, 4) is 0 Å². The molecule has 1 aromatic heterocycles. The van der Waals surface area contributed by atoms with Crippen LogP contribution in [-0.2, 0) is 0 Å². The van der Waals surface area contributed by atoms with Crippen LogP contribution in [0.3, 0.4) is 0 Å². The molecule has 0 aromatic carbocycles. The van der Waals surface area contributed by atoms with Crippen molar-refractivity contribution in [3.05, 3.63) is 29.8 Å². The standard InChI is InChI=1S/C9H13FN2O/c1-2-7(11)9(13)8-4-3-6(10)5-12-8/h3-5,7,9,13H,2,11H2,1H3/t7-,9+/m0/s1. The van der Waals surface area contributed by atoms with E-state index in [0.29, 0.717) is 12.1 Å². The third-order valence-corrected chi connectivity index (χ3v) is 1.93. The third kappa shape index (κ3) is 2.47. The van der Waals surface area contributed by atoms with E-state index in [1.807, 2.05) is 6.92 Å². The predicted molar refractivity (Wildman–Crippen MR) is 47.4 cm³/mol. The van der Waals surface area contributed by atoms with Crippen LogP contribution in [0, 0.1) is 5.82 Å². The van der Waals surface area contributed by atoms with E-state index >= 15 is 0 Å². The number of aliphatic hydroxyl groups is 1. The summed E-state index contributed by atoms with van der Waals surface area (Å²) >= 11 is 0. The molecule has 0 saturated carbocycles. The Labute approximate surface area is 76.4 Å². The maximum absolute atomic E-state index is 12.5. The minimum atomic E-state index is -0.814. The molecule has 0 saturated heterocycles. The molecule has 1 aromatic rings. The molecule has 2 atom stereocenters. The molecule has 0 fully saturated rings. The largest absolute Gasteiger partial charge is 0.385 e. The van der Waals surface area contributed by atoms with Crippen LogP contribution in [0.2, 0.25) is 0 Å². The zero-order chi connectivity index (χ0) is 9.84. The lowest BCUT2D eigenvalue weighted by Gasteiger charge is -2.15. The maximum atomic E-state index is 12.5. The average molecular weight is 184 g/mol. The molecule has 3 nitrogen and oxygen atoms in total. The van der Waals surface area contributed by atoms with E-state index in [1.54, 1.807) is 0 Å². The fourth-order valence-electron chi connectivity index (χ4n) is 1.00. The highest BCUT2D eigenvalue weighted by atomic mass is 19.1. The molecule has 3 N–H and O–H groups in total. The fraction of sp³-hybridized carbons (Fsp3) is 0.444. The van der Waals surface area contributed by atoms with E-state index in [1.165, 1.54) is 12.1 Å². The lowest BCUT2D eigenvalue weighted by atomic mass is 10.1. The average Bonchev–Trinajstić information content (AvgIpc) is 2.17. The van der Waals surface area contributed by atoms with Gasteiger partial charge in [0.15, 0.2) is 0 Å². The summed E-state index contributed by atoms with van der Waals surface area (Å²) in [6.07, 6.45) is 0.909. The van der Waals surface area contributed by atoms with Crippen molar-refractivity contribution in [1.82, 2.24) is 4.98 Å². The Kier molecular flexibility index (Phi) is 3.33. The van der Waals surface area contributed by atoms with Crippen LogP contribution in [0.5, 0.6) is 0 Å². The molecule has 4 heteroatoms. The minimum absolute atomic E-state index is 0.349. The normalized spacial score (nSPS) is 15.4. The van der Waals surface area contributed by atoms with Crippen molar-refractivity contribution in [2.75, 3.05) is 0 Å². The number of halogens is 1. The van der Waals surface area contributed by atoms with Crippen LogP contribution in [0.4, 0.5) is 4.39 Å². The summed E-state index contributed by atoms with van der Waals surface area (Å²) in [5.74, 6) is -0.416. The highest BCUT2D eigenvalue weighted by Gasteiger charge is 2.15. The van der Waals surface area contributed by atoms with Gasteiger partial charge in [-0.2, -0.15) is 0 Å². The van der Waals surface area contributed by atoms with Gasteiger partial charge in [0.25, 0.3) is 0 Å². The number of hydrogen-bond donors (Lipinski definition) is 2. The van der Waals surface area contributed by atoms with Gasteiger partial charge in [-0.15, -0.1) is 0 Å². The number of nitrogens with two attached hydrogens (primary N) is 1. The first-order chi connectivity index (χ1) is 6.15. The number of aromatic nitrogens is 1. The van der Waals surface area contributed by atoms with Crippen LogP contribution in [-0.4, -0.2) is 16.1 Å². The summed E-state index contributed by atoms with van der Waals surface area (Å²) in [5, 5.41) is 9.57. The SMILES string of the molecule is CC[C@H](N)[C@@H](O)c1ccc(F)cn1. The monoisotopic (exact) mass is 184 g/mol. The molecule has 0 aliphatic carbocycles. The maximum Gasteiger partial charge on any atom is 0.141 e. The van der Waals surface area contributed by atoms with Gasteiger partial charge in [-0.05, 0) is 18.6 Å². The Morgan fingerprint density at radius 3 is 2.77 bits per heavy atom. The van der Waals surface area contributed by atoms with Crippen LogP contribution in [0.1, 0.15) is 25.1 Å². The molecule has 0 bridgehead atoms. The van der Waals surface area contributed by atoms with Crippen molar-refractivity contribution < 1.29 is 9.50 Å². The summed E-state index contributed by atoms with van der Waals surface area (Å²) in [6.45, 7) is 1.87. The summed E-state index contributed by atoms with van der Waals surface area (Å²) in [4.78, 5) is 3.74. The highest BCUT2D eigenvalue weighted by molar-refractivity contribution is 5.09. The number of nitrogens with zero attached hydrogens (tertiary/aromatic N) is 1. The smallest absolute Gasteiger partial charge is 0.141 e. The van der Waals surface area contributed by atoms with Gasteiger partial charge in [0, 0.05) is 6.04 Å². The molecule has 0 amide bonds. The second kappa shape index (κ2) is 4.30. The van der Waals surface area contributed by atoms with E-state index in [-0.39, 0.29) is 6.04 Å². The molecule has 0 aliphatic heterocycles. The zero-order valence-corrected chi connectivity index (χ0v) is 7.44. The van der Waals surface area contributed by atoms with Gasteiger partial charge in [0.1, 0.15) is 11.9 Å². The van der Waals surface area contributed by atoms with Gasteiger partial charge in [0.05, 0.1) is 11.9 Å². The van der Waals surface area contributed by atoms with E-state index in [9.17, 15) is 9.50 Å². The van der Waals surface area contributed by atoms with E-state index in [0.717, 1.165) is 6.20 Å². The second-order valence-corrected chi connectivity index (χ2v) is 2.92. The lowest BCUT2D eigenvalue weighted by molar-refractivity contribution is 0.140. The van der Waals surface area contributed by atoms with Crippen molar-refractivity contribution >= 4 is 0 Å². The van der Waals surface area contributed by atoms with Crippen LogP contribution in [0.25, 0.3) is 0 Å². The first-order valence-corrected chi connectivity index (χ1v) is 4.20. The number of aliphatic hydroxyl groups excluding tert-OH is 1. The Morgan fingerprint density at radius 1 is 1.62 bits per heavy atom.